The first-order chi connectivity index (χ1) is 8.78. The molecule has 19 heavy (non-hydrogen) atoms. The van der Waals surface area contributed by atoms with Crippen molar-refractivity contribution in [1.82, 2.24) is 4.90 Å². The Kier molecular flexibility index (Phi) is 4.26. The highest BCUT2D eigenvalue weighted by molar-refractivity contribution is 6.74. The molecule has 0 aromatic rings. The molecule has 2 rings (SSSR count). The third-order valence-corrected chi connectivity index (χ3v) is 9.50. The summed E-state index contributed by atoms with van der Waals surface area (Å²) in [6.45, 7) is 13.6. The van der Waals surface area contributed by atoms with Crippen LogP contribution in [0.2, 0.25) is 18.1 Å². The zero-order valence-corrected chi connectivity index (χ0v) is 14.3. The molecule has 0 aromatic carbocycles. The fourth-order valence-corrected chi connectivity index (χ4v) is 3.66. The van der Waals surface area contributed by atoms with E-state index in [4.69, 9.17) is 9.16 Å². The molecule has 110 valence electrons. The first-order valence-electron chi connectivity index (χ1n) is 7.39. The van der Waals surface area contributed by atoms with Crippen molar-refractivity contribution in [3.8, 4) is 0 Å². The van der Waals surface area contributed by atoms with E-state index < -0.39 is 8.32 Å². The van der Waals surface area contributed by atoms with Gasteiger partial charge in [-0.1, -0.05) is 32.9 Å². The maximum absolute atomic E-state index is 6.21. The number of fused-ring (bicyclic) bond motifs is 1. The molecule has 1 heterocycles. The van der Waals surface area contributed by atoms with E-state index in [0.29, 0.717) is 23.2 Å². The molecule has 0 aromatic heterocycles. The minimum Gasteiger partial charge on any atom is -0.417 e. The molecule has 4 heteroatoms. The van der Waals surface area contributed by atoms with E-state index in [2.05, 4.69) is 50.9 Å². The van der Waals surface area contributed by atoms with Crippen LogP contribution in [0, 0.1) is 0 Å². The molecule has 0 radical (unpaired) electrons. The quantitative estimate of drug-likeness (QED) is 0.324. The minimum absolute atomic E-state index is 0.311. The molecule has 1 aliphatic heterocycles. The van der Waals surface area contributed by atoms with E-state index in [1.165, 1.54) is 0 Å². The predicted octanol–water partition coefficient (Wildman–Crippen LogP) is 3.04. The summed E-state index contributed by atoms with van der Waals surface area (Å²) in [5, 5.41) is 0.313. The molecule has 0 bridgehead atoms. The molecule has 2 aliphatic rings. The molecule has 0 spiro atoms. The molecular formula is C15H29NO2Si. The first kappa shape index (κ1) is 15.2. The Morgan fingerprint density at radius 3 is 2.47 bits per heavy atom. The van der Waals surface area contributed by atoms with Gasteiger partial charge >= 0.3 is 0 Å². The number of rotatable bonds is 6. The predicted molar refractivity (Wildman–Crippen MR) is 82.0 cm³/mol. The second-order valence-corrected chi connectivity index (χ2v) is 12.1. The Morgan fingerprint density at radius 1 is 1.21 bits per heavy atom. The summed E-state index contributed by atoms with van der Waals surface area (Å²) >= 11 is 0. The lowest BCUT2D eigenvalue weighted by Gasteiger charge is -2.36. The lowest BCUT2D eigenvalue weighted by molar-refractivity contribution is 0.127. The van der Waals surface area contributed by atoms with Gasteiger partial charge in [0.05, 0.1) is 12.1 Å². The van der Waals surface area contributed by atoms with Gasteiger partial charge in [-0.25, -0.2) is 0 Å². The van der Waals surface area contributed by atoms with Crippen molar-refractivity contribution in [2.75, 3.05) is 20.3 Å². The summed E-state index contributed by atoms with van der Waals surface area (Å²) in [4.78, 5) is 2.52. The second-order valence-electron chi connectivity index (χ2n) is 7.27. The zero-order chi connectivity index (χ0) is 14.3. The first-order valence-corrected chi connectivity index (χ1v) is 10.3. The van der Waals surface area contributed by atoms with Crippen LogP contribution in [0.15, 0.2) is 12.2 Å². The summed E-state index contributed by atoms with van der Waals surface area (Å²) in [6.07, 6.45) is 5.92. The molecule has 1 fully saturated rings. The van der Waals surface area contributed by atoms with Crippen LogP contribution in [0.3, 0.4) is 0 Å². The third kappa shape index (κ3) is 3.12. The van der Waals surface area contributed by atoms with Gasteiger partial charge in [0.1, 0.15) is 0 Å². The smallest absolute Gasteiger partial charge is 0.191 e. The van der Waals surface area contributed by atoms with Crippen molar-refractivity contribution < 1.29 is 9.16 Å². The Labute approximate surface area is 119 Å². The number of hydrogen-bond acceptors (Lipinski definition) is 3. The molecule has 1 aliphatic carbocycles. The Hall–Kier alpha value is -0.163. The van der Waals surface area contributed by atoms with E-state index in [1.807, 2.05) is 0 Å². The van der Waals surface area contributed by atoms with Crippen LogP contribution in [-0.4, -0.2) is 51.7 Å². The normalized spacial score (nSPS) is 33.6. The minimum atomic E-state index is -1.56. The standard InChI is InChI=1S/C15H29NO2Si/c1-15(2,3)19(5,6)18-11-7-10-16-12-8-9-13(17-4)14(12)16/h8-9,12-14H,7,10-11H2,1-6H3/t12-,13-,14-,16?/m0/s1. The number of ether oxygens (including phenoxy) is 1. The molecule has 4 atom stereocenters. The summed E-state index contributed by atoms with van der Waals surface area (Å²) < 4.78 is 11.7. The Bertz CT molecular complexity index is 349. The fourth-order valence-electron chi connectivity index (χ4n) is 2.57. The van der Waals surface area contributed by atoms with Crippen molar-refractivity contribution in [3.63, 3.8) is 0 Å². The van der Waals surface area contributed by atoms with Gasteiger partial charge in [0.15, 0.2) is 8.32 Å². The van der Waals surface area contributed by atoms with Gasteiger partial charge in [-0.2, -0.15) is 0 Å². The van der Waals surface area contributed by atoms with E-state index in [-0.39, 0.29) is 0 Å². The van der Waals surface area contributed by atoms with Gasteiger partial charge in [0.2, 0.25) is 0 Å². The van der Waals surface area contributed by atoms with Crippen molar-refractivity contribution in [1.29, 1.82) is 0 Å². The largest absolute Gasteiger partial charge is 0.417 e. The highest BCUT2D eigenvalue weighted by Gasteiger charge is 2.52. The van der Waals surface area contributed by atoms with Gasteiger partial charge in [-0.3, -0.25) is 4.90 Å². The van der Waals surface area contributed by atoms with Gasteiger partial charge in [-0.05, 0) is 24.6 Å². The van der Waals surface area contributed by atoms with Crippen LogP contribution in [0.4, 0.5) is 0 Å². The van der Waals surface area contributed by atoms with Crippen molar-refractivity contribution in [3.05, 3.63) is 12.2 Å². The lowest BCUT2D eigenvalue weighted by atomic mass is 10.2. The average Bonchev–Trinajstić information content (AvgIpc) is 2.81. The number of nitrogens with zero attached hydrogens (tertiary/aromatic N) is 1. The molecule has 1 saturated heterocycles. The van der Waals surface area contributed by atoms with Crippen LogP contribution in [-0.2, 0) is 9.16 Å². The molecule has 1 unspecified atom stereocenters. The highest BCUT2D eigenvalue weighted by atomic mass is 28.4. The van der Waals surface area contributed by atoms with E-state index in [0.717, 1.165) is 19.6 Å². The van der Waals surface area contributed by atoms with Crippen LogP contribution < -0.4 is 0 Å². The molecule has 0 amide bonds. The maximum atomic E-state index is 6.21. The van der Waals surface area contributed by atoms with Crippen LogP contribution in [0.25, 0.3) is 0 Å². The van der Waals surface area contributed by atoms with Gasteiger partial charge < -0.3 is 9.16 Å². The topological polar surface area (TPSA) is 21.5 Å². The Morgan fingerprint density at radius 2 is 1.89 bits per heavy atom. The number of hydrogen-bond donors (Lipinski definition) is 0. The summed E-state index contributed by atoms with van der Waals surface area (Å²) in [5.74, 6) is 0. The average molecular weight is 283 g/mol. The summed E-state index contributed by atoms with van der Waals surface area (Å²) in [6, 6.07) is 1.25. The molecule has 0 N–H and O–H groups in total. The molecular weight excluding hydrogens is 254 g/mol. The van der Waals surface area contributed by atoms with Crippen LogP contribution in [0.5, 0.6) is 0 Å². The maximum Gasteiger partial charge on any atom is 0.191 e. The monoisotopic (exact) mass is 283 g/mol. The zero-order valence-electron chi connectivity index (χ0n) is 13.3. The van der Waals surface area contributed by atoms with E-state index in [1.54, 1.807) is 7.11 Å². The van der Waals surface area contributed by atoms with E-state index >= 15 is 0 Å². The molecule has 3 nitrogen and oxygen atoms in total. The fraction of sp³-hybridized carbons (Fsp3) is 0.867. The molecule has 0 saturated carbocycles. The SMILES string of the molecule is CO[C@H]1C=C[C@H]2[C@@H]1N2CCCO[Si](C)(C)C(C)(C)C. The van der Waals surface area contributed by atoms with Crippen LogP contribution in [0.1, 0.15) is 27.2 Å². The lowest BCUT2D eigenvalue weighted by Crippen LogP contribution is -2.41. The highest BCUT2D eigenvalue weighted by Crippen LogP contribution is 2.39. The summed E-state index contributed by atoms with van der Waals surface area (Å²) in [7, 11) is 0.238. The van der Waals surface area contributed by atoms with Gasteiger partial charge in [0, 0.05) is 26.3 Å². The van der Waals surface area contributed by atoms with Gasteiger partial charge in [-0.15, -0.1) is 0 Å². The van der Waals surface area contributed by atoms with Crippen molar-refractivity contribution in [2.45, 2.75) is 63.5 Å². The van der Waals surface area contributed by atoms with Crippen molar-refractivity contribution in [2.24, 2.45) is 0 Å². The second kappa shape index (κ2) is 5.32. The Balaban J connectivity index is 1.66. The third-order valence-electron chi connectivity index (χ3n) is 4.96. The van der Waals surface area contributed by atoms with Gasteiger partial charge in [0.25, 0.3) is 0 Å². The van der Waals surface area contributed by atoms with Crippen molar-refractivity contribution >= 4 is 8.32 Å². The summed E-state index contributed by atoms with van der Waals surface area (Å²) in [5.41, 5.74) is 0. The number of methoxy groups -OCH3 is 1. The van der Waals surface area contributed by atoms with E-state index in [9.17, 15) is 0 Å². The van der Waals surface area contributed by atoms with Crippen LogP contribution >= 0.6 is 0 Å².